The summed E-state index contributed by atoms with van der Waals surface area (Å²) in [5, 5.41) is 0.791. The molecule has 2 atom stereocenters. The molecule has 0 N–H and O–H groups in total. The maximum Gasteiger partial charge on any atom is 0.241 e. The first kappa shape index (κ1) is 19.8. The predicted octanol–water partition coefficient (Wildman–Crippen LogP) is 2.72. The zero-order chi connectivity index (χ0) is 21.2. The number of hydrogen-bond donors (Lipinski definition) is 0. The highest BCUT2D eigenvalue weighted by Crippen LogP contribution is 2.43. The van der Waals surface area contributed by atoms with Gasteiger partial charge >= 0.3 is 0 Å². The van der Waals surface area contributed by atoms with Gasteiger partial charge in [0.05, 0.1) is 16.7 Å². The van der Waals surface area contributed by atoms with E-state index in [1.54, 1.807) is 0 Å². The summed E-state index contributed by atoms with van der Waals surface area (Å²) in [7, 11) is -1.26. The molecule has 1 aliphatic heterocycles. The fourth-order valence-electron chi connectivity index (χ4n) is 5.19. The smallest absolute Gasteiger partial charge is 0.241 e. The largest absolute Gasteiger partial charge is 0.343 e. The van der Waals surface area contributed by atoms with Gasteiger partial charge in [0.2, 0.25) is 15.9 Å². The minimum atomic E-state index is -3.34. The van der Waals surface area contributed by atoms with E-state index in [0.29, 0.717) is 19.6 Å². The number of fused-ring (bicyclic) bond motifs is 2. The lowest BCUT2D eigenvalue weighted by Crippen LogP contribution is -2.47. The van der Waals surface area contributed by atoms with Crippen molar-refractivity contribution in [1.29, 1.82) is 0 Å². The lowest BCUT2D eigenvalue weighted by molar-refractivity contribution is -0.134. The third-order valence-corrected chi connectivity index (χ3v) is 9.13. The lowest BCUT2D eigenvalue weighted by atomic mass is 9.79. The molecule has 0 radical (unpaired) electrons. The fraction of sp³-hybridized carbons (Fsp3) is 0.522. The molecular weight excluding hydrogens is 398 g/mol. The third-order valence-electron chi connectivity index (χ3n) is 6.97. The van der Waals surface area contributed by atoms with Crippen LogP contribution < -0.4 is 0 Å². The molecule has 1 aromatic carbocycles. The van der Waals surface area contributed by atoms with Crippen LogP contribution in [-0.2, 0) is 21.2 Å². The summed E-state index contributed by atoms with van der Waals surface area (Å²) in [5.41, 5.74) is 4.10. The van der Waals surface area contributed by atoms with Crippen molar-refractivity contribution in [3.8, 4) is 0 Å². The Morgan fingerprint density at radius 3 is 2.60 bits per heavy atom. The van der Waals surface area contributed by atoms with Gasteiger partial charge in [-0.05, 0) is 62.9 Å². The van der Waals surface area contributed by atoms with E-state index in [1.807, 2.05) is 37.1 Å². The molecule has 6 nitrogen and oxygen atoms in total. The number of aromatic nitrogens is 1. The molecule has 30 heavy (non-hydrogen) atoms. The molecule has 1 fully saturated rings. The molecule has 2 heterocycles. The maximum atomic E-state index is 13.1. The first-order valence-corrected chi connectivity index (χ1v) is 12.5. The predicted molar refractivity (Wildman–Crippen MR) is 119 cm³/mol. The van der Waals surface area contributed by atoms with Gasteiger partial charge in [-0.1, -0.05) is 18.2 Å². The summed E-state index contributed by atoms with van der Waals surface area (Å²) in [6.45, 7) is 6.14. The van der Waals surface area contributed by atoms with Crippen LogP contribution in [-0.4, -0.2) is 66.1 Å². The van der Waals surface area contributed by atoms with E-state index in [1.165, 1.54) is 3.97 Å². The van der Waals surface area contributed by atoms with Gasteiger partial charge in [-0.15, -0.1) is 0 Å². The van der Waals surface area contributed by atoms with Crippen LogP contribution >= 0.6 is 0 Å². The molecular formula is C23H29N3O3S. The summed E-state index contributed by atoms with van der Waals surface area (Å²) in [4.78, 5) is 17.2. The monoisotopic (exact) mass is 427 g/mol. The molecule has 0 unspecified atom stereocenters. The van der Waals surface area contributed by atoms with Crippen molar-refractivity contribution in [1.82, 2.24) is 13.8 Å². The number of carbonyl (C=O) groups excluding carboxylic acids is 1. The Morgan fingerprint density at radius 2 is 1.93 bits per heavy atom. The standard InChI is InChI=1S/C23H29N3O3S/c1-4-25(5-2)23(27)16-11-19-18-7-6-8-20-22(18)15(12-21(19)24(3)13-16)14-26(20)30(28,29)17-9-10-17/h6-8,11,14,16-17,21H,4-5,9-10,12-13H2,1-3H3/t16-,21-/m1/s1. The van der Waals surface area contributed by atoms with E-state index in [2.05, 4.69) is 24.1 Å². The lowest BCUT2D eigenvalue weighted by Gasteiger charge is -2.40. The Bertz CT molecular complexity index is 1160. The van der Waals surface area contributed by atoms with Crippen molar-refractivity contribution in [2.75, 3.05) is 26.7 Å². The molecule has 1 aromatic heterocycles. The van der Waals surface area contributed by atoms with Crippen LogP contribution in [0.3, 0.4) is 0 Å². The second-order valence-electron chi connectivity index (χ2n) is 8.79. The van der Waals surface area contributed by atoms with Crippen LogP contribution in [0.15, 0.2) is 30.5 Å². The molecule has 2 aromatic rings. The van der Waals surface area contributed by atoms with Crippen LogP contribution in [0.5, 0.6) is 0 Å². The Balaban J connectivity index is 1.64. The van der Waals surface area contributed by atoms with Gasteiger partial charge in [0.1, 0.15) is 0 Å². The van der Waals surface area contributed by atoms with Crippen molar-refractivity contribution in [2.24, 2.45) is 5.92 Å². The number of benzene rings is 1. The zero-order valence-corrected chi connectivity index (χ0v) is 18.7. The molecule has 0 saturated heterocycles. The SMILES string of the molecule is CCN(CC)C(=O)[C@@H]1C=C2c3cccc4c3c(cn4S(=O)(=O)C3CC3)C[C@H]2N(C)C1. The van der Waals surface area contributed by atoms with E-state index < -0.39 is 10.0 Å². The van der Waals surface area contributed by atoms with Gasteiger partial charge in [-0.2, -0.15) is 0 Å². The Morgan fingerprint density at radius 1 is 1.20 bits per heavy atom. The topological polar surface area (TPSA) is 62.6 Å². The molecule has 1 saturated carbocycles. The molecule has 0 spiro atoms. The summed E-state index contributed by atoms with van der Waals surface area (Å²) in [6, 6.07) is 6.10. The van der Waals surface area contributed by atoms with Gasteiger partial charge in [-0.3, -0.25) is 9.69 Å². The van der Waals surface area contributed by atoms with Crippen molar-refractivity contribution in [3.05, 3.63) is 41.6 Å². The highest BCUT2D eigenvalue weighted by Gasteiger charge is 2.41. The summed E-state index contributed by atoms with van der Waals surface area (Å²) < 4.78 is 27.6. The molecule has 0 bridgehead atoms. The van der Waals surface area contributed by atoms with E-state index >= 15 is 0 Å². The first-order valence-electron chi connectivity index (χ1n) is 10.9. The summed E-state index contributed by atoms with van der Waals surface area (Å²) in [5.74, 6) is -0.000100. The molecule has 160 valence electrons. The number of carbonyl (C=O) groups is 1. The van der Waals surface area contributed by atoms with Crippen molar-refractivity contribution >= 4 is 32.4 Å². The summed E-state index contributed by atoms with van der Waals surface area (Å²) in [6.07, 6.45) is 6.27. The number of amides is 1. The number of nitrogens with zero attached hydrogens (tertiary/aromatic N) is 3. The minimum absolute atomic E-state index is 0.170. The van der Waals surface area contributed by atoms with Gasteiger partial charge in [0.15, 0.2) is 0 Å². The van der Waals surface area contributed by atoms with E-state index in [4.69, 9.17) is 0 Å². The van der Waals surface area contributed by atoms with Crippen LogP contribution in [0.25, 0.3) is 16.5 Å². The fourth-order valence-corrected chi connectivity index (χ4v) is 6.94. The van der Waals surface area contributed by atoms with Crippen LogP contribution in [0, 0.1) is 5.92 Å². The second-order valence-corrected chi connectivity index (χ2v) is 10.9. The number of rotatable bonds is 5. The molecule has 7 heteroatoms. The van der Waals surface area contributed by atoms with Gasteiger partial charge in [0, 0.05) is 37.3 Å². The molecule has 1 amide bonds. The molecule has 2 aliphatic carbocycles. The average molecular weight is 428 g/mol. The average Bonchev–Trinajstić information content (AvgIpc) is 3.53. The third kappa shape index (κ3) is 2.86. The van der Waals surface area contributed by atoms with Crippen LogP contribution in [0.2, 0.25) is 0 Å². The van der Waals surface area contributed by atoms with E-state index in [0.717, 1.165) is 46.9 Å². The van der Waals surface area contributed by atoms with Gasteiger partial charge in [-0.25, -0.2) is 12.4 Å². The number of hydrogen-bond acceptors (Lipinski definition) is 4. The van der Waals surface area contributed by atoms with Gasteiger partial charge in [0.25, 0.3) is 0 Å². The zero-order valence-electron chi connectivity index (χ0n) is 17.8. The number of likely N-dealkylation sites (N-methyl/N-ethyl adjacent to an activating group) is 1. The minimum Gasteiger partial charge on any atom is -0.343 e. The van der Waals surface area contributed by atoms with Crippen molar-refractivity contribution < 1.29 is 13.2 Å². The Kier molecular flexibility index (Phi) is 4.59. The summed E-state index contributed by atoms with van der Waals surface area (Å²) >= 11 is 0. The van der Waals surface area contributed by atoms with E-state index in [-0.39, 0.29) is 23.1 Å². The Labute approximate surface area is 178 Å². The first-order chi connectivity index (χ1) is 14.4. The van der Waals surface area contributed by atoms with Crippen molar-refractivity contribution in [3.63, 3.8) is 0 Å². The van der Waals surface area contributed by atoms with Crippen LogP contribution in [0.1, 0.15) is 37.8 Å². The van der Waals surface area contributed by atoms with Crippen molar-refractivity contribution in [2.45, 2.75) is 44.4 Å². The molecule has 5 rings (SSSR count). The van der Waals surface area contributed by atoms with Crippen LogP contribution in [0.4, 0.5) is 0 Å². The van der Waals surface area contributed by atoms with Gasteiger partial charge < -0.3 is 4.90 Å². The second kappa shape index (κ2) is 6.95. The van der Waals surface area contributed by atoms with E-state index in [9.17, 15) is 13.2 Å². The molecule has 3 aliphatic rings. The quantitative estimate of drug-likeness (QED) is 0.736. The normalized spacial score (nSPS) is 23.9. The highest BCUT2D eigenvalue weighted by molar-refractivity contribution is 7.91. The highest BCUT2D eigenvalue weighted by atomic mass is 32.2. The maximum absolute atomic E-state index is 13.1. The Hall–Kier alpha value is -2.12.